The highest BCUT2D eigenvalue weighted by molar-refractivity contribution is 9.10. The topological polar surface area (TPSA) is 102 Å². The first-order chi connectivity index (χ1) is 12.3. The van der Waals surface area contributed by atoms with E-state index < -0.39 is 14.9 Å². The van der Waals surface area contributed by atoms with Crippen molar-refractivity contribution in [1.82, 2.24) is 4.98 Å². The van der Waals surface area contributed by atoms with Crippen LogP contribution in [-0.4, -0.2) is 18.3 Å². The van der Waals surface area contributed by atoms with E-state index in [2.05, 4.69) is 25.6 Å². The summed E-state index contributed by atoms with van der Waals surface area (Å²) in [4.78, 5) is 15.0. The third kappa shape index (κ3) is 3.92. The first-order valence-electron chi connectivity index (χ1n) is 7.25. The number of nitro groups is 1. The van der Waals surface area contributed by atoms with E-state index in [1.807, 2.05) is 0 Å². The van der Waals surface area contributed by atoms with Crippen LogP contribution in [0.5, 0.6) is 0 Å². The molecule has 1 N–H and O–H groups in total. The lowest BCUT2D eigenvalue weighted by Gasteiger charge is -2.05. The number of anilines is 1. The zero-order chi connectivity index (χ0) is 18.9. The van der Waals surface area contributed by atoms with E-state index in [0.29, 0.717) is 16.8 Å². The Labute approximate surface area is 162 Å². The second kappa shape index (κ2) is 7.14. The highest BCUT2D eigenvalue weighted by Crippen LogP contribution is 2.30. The number of hydrogen-bond donors (Lipinski definition) is 1. The number of thiazole rings is 1. The minimum atomic E-state index is -3.76. The molecule has 0 saturated heterocycles. The largest absolute Gasteiger partial charge is 0.272 e. The van der Waals surface area contributed by atoms with Crippen molar-refractivity contribution in [2.24, 2.45) is 0 Å². The van der Waals surface area contributed by atoms with Gasteiger partial charge in [0.2, 0.25) is 0 Å². The normalized spacial score (nSPS) is 11.3. The van der Waals surface area contributed by atoms with Gasteiger partial charge in [0, 0.05) is 27.0 Å². The fraction of sp³-hybridized carbons (Fsp3) is 0.0625. The maximum absolute atomic E-state index is 12.4. The van der Waals surface area contributed by atoms with Crippen molar-refractivity contribution in [1.29, 1.82) is 0 Å². The quantitative estimate of drug-likeness (QED) is 0.449. The zero-order valence-corrected chi connectivity index (χ0v) is 16.6. The molecule has 0 unspecified atom stereocenters. The lowest BCUT2D eigenvalue weighted by atomic mass is 10.1. The summed E-state index contributed by atoms with van der Waals surface area (Å²) in [5.74, 6) is 0. The minimum absolute atomic E-state index is 0.00695. The smallest absolute Gasteiger partial charge is 0.258 e. The first-order valence-corrected chi connectivity index (χ1v) is 10.4. The van der Waals surface area contributed by atoms with E-state index in [1.54, 1.807) is 36.6 Å². The van der Waals surface area contributed by atoms with Gasteiger partial charge in [-0.15, -0.1) is 11.3 Å². The predicted molar refractivity (Wildman–Crippen MR) is 104 cm³/mol. The lowest BCUT2D eigenvalue weighted by Crippen LogP contribution is -2.12. The molecule has 0 aliphatic heterocycles. The van der Waals surface area contributed by atoms with Crippen molar-refractivity contribution in [3.05, 3.63) is 68.0 Å². The van der Waals surface area contributed by atoms with Crippen molar-refractivity contribution < 1.29 is 13.3 Å². The second-order valence-corrected chi connectivity index (χ2v) is 8.81. The van der Waals surface area contributed by atoms with Gasteiger partial charge in [-0.2, -0.15) is 0 Å². The summed E-state index contributed by atoms with van der Waals surface area (Å²) < 4.78 is 28.0. The standard InChI is InChI=1S/C16H12BrN3O4S2/c1-10-2-3-11(8-15(10)20(21)22)14-9-25-16(18-14)19-26(23,24)13-6-4-12(17)5-7-13/h2-9H,1H3,(H,18,19). The Kier molecular flexibility index (Phi) is 5.08. The lowest BCUT2D eigenvalue weighted by molar-refractivity contribution is -0.385. The third-order valence-corrected chi connectivity index (χ3v) is 6.32. The summed E-state index contributed by atoms with van der Waals surface area (Å²) in [6.07, 6.45) is 0. The number of aromatic nitrogens is 1. The highest BCUT2D eigenvalue weighted by Gasteiger charge is 2.18. The molecule has 0 fully saturated rings. The van der Waals surface area contributed by atoms with Gasteiger partial charge in [0.15, 0.2) is 5.13 Å². The van der Waals surface area contributed by atoms with Gasteiger partial charge < -0.3 is 0 Å². The number of nitrogens with one attached hydrogen (secondary N) is 1. The van der Waals surface area contributed by atoms with Gasteiger partial charge in [0.05, 0.1) is 15.5 Å². The molecule has 3 rings (SSSR count). The molecule has 0 spiro atoms. The molecule has 0 aliphatic carbocycles. The van der Waals surface area contributed by atoms with Crippen LogP contribution < -0.4 is 4.72 Å². The number of sulfonamides is 1. The minimum Gasteiger partial charge on any atom is -0.258 e. The van der Waals surface area contributed by atoms with E-state index in [9.17, 15) is 18.5 Å². The number of hydrogen-bond acceptors (Lipinski definition) is 6. The van der Waals surface area contributed by atoms with E-state index in [-0.39, 0.29) is 15.7 Å². The van der Waals surface area contributed by atoms with Crippen LogP contribution in [0, 0.1) is 17.0 Å². The molecule has 1 heterocycles. The molecule has 26 heavy (non-hydrogen) atoms. The van der Waals surface area contributed by atoms with Crippen molar-refractivity contribution in [3.63, 3.8) is 0 Å². The average molecular weight is 454 g/mol. The maximum Gasteiger partial charge on any atom is 0.272 e. The Bertz CT molecular complexity index is 1080. The summed E-state index contributed by atoms with van der Waals surface area (Å²) in [7, 11) is -3.76. The van der Waals surface area contributed by atoms with Crippen molar-refractivity contribution >= 4 is 48.1 Å². The number of benzene rings is 2. The summed E-state index contributed by atoms with van der Waals surface area (Å²) in [5, 5.41) is 12.9. The van der Waals surface area contributed by atoms with Crippen molar-refractivity contribution in [2.45, 2.75) is 11.8 Å². The van der Waals surface area contributed by atoms with Crippen LogP contribution in [0.4, 0.5) is 10.8 Å². The molecule has 0 bridgehead atoms. The predicted octanol–water partition coefficient (Wildman–Crippen LogP) is 4.59. The Morgan fingerprint density at radius 3 is 2.54 bits per heavy atom. The monoisotopic (exact) mass is 453 g/mol. The van der Waals surface area contributed by atoms with E-state index in [0.717, 1.165) is 15.8 Å². The molecule has 0 aliphatic rings. The van der Waals surface area contributed by atoms with Gasteiger partial charge in [-0.25, -0.2) is 13.4 Å². The van der Waals surface area contributed by atoms with Crippen molar-refractivity contribution in [2.75, 3.05) is 4.72 Å². The molecule has 0 saturated carbocycles. The molecule has 134 valence electrons. The molecule has 7 nitrogen and oxygen atoms in total. The molecule has 0 amide bonds. The molecule has 3 aromatic rings. The summed E-state index contributed by atoms with van der Waals surface area (Å²) >= 11 is 4.36. The van der Waals surface area contributed by atoms with Crippen LogP contribution >= 0.6 is 27.3 Å². The number of rotatable bonds is 5. The van der Waals surface area contributed by atoms with Gasteiger partial charge in [-0.05, 0) is 31.2 Å². The van der Waals surface area contributed by atoms with E-state index >= 15 is 0 Å². The Hall–Kier alpha value is -2.30. The number of nitro benzene ring substituents is 1. The number of aryl methyl sites for hydroxylation is 1. The summed E-state index contributed by atoms with van der Waals surface area (Å²) in [6, 6.07) is 11.0. The van der Waals surface area contributed by atoms with Gasteiger partial charge in [0.25, 0.3) is 15.7 Å². The molecule has 1 aromatic heterocycles. The second-order valence-electron chi connectivity index (χ2n) is 5.36. The fourth-order valence-corrected chi connectivity index (χ4v) is 4.44. The molecule has 10 heteroatoms. The highest BCUT2D eigenvalue weighted by atomic mass is 79.9. The molecule has 0 atom stereocenters. The van der Waals surface area contributed by atoms with Crippen LogP contribution in [-0.2, 0) is 10.0 Å². The van der Waals surface area contributed by atoms with Crippen LogP contribution in [0.15, 0.2) is 57.2 Å². The molecule has 0 radical (unpaired) electrons. The van der Waals surface area contributed by atoms with Crippen LogP contribution in [0.2, 0.25) is 0 Å². The maximum atomic E-state index is 12.4. The third-order valence-electron chi connectivity index (χ3n) is 3.55. The van der Waals surface area contributed by atoms with E-state index in [4.69, 9.17) is 0 Å². The van der Waals surface area contributed by atoms with Crippen molar-refractivity contribution in [3.8, 4) is 11.3 Å². The Balaban J connectivity index is 1.87. The summed E-state index contributed by atoms with van der Waals surface area (Å²) in [6.45, 7) is 1.65. The van der Waals surface area contributed by atoms with Gasteiger partial charge >= 0.3 is 0 Å². The molecular weight excluding hydrogens is 442 g/mol. The zero-order valence-electron chi connectivity index (χ0n) is 13.3. The van der Waals surface area contributed by atoms with Crippen LogP contribution in [0.1, 0.15) is 5.56 Å². The summed E-state index contributed by atoms with van der Waals surface area (Å²) in [5.41, 5.74) is 1.55. The first kappa shape index (κ1) is 18.5. The van der Waals surface area contributed by atoms with Gasteiger partial charge in [0.1, 0.15) is 0 Å². The Morgan fingerprint density at radius 1 is 1.19 bits per heavy atom. The number of nitrogens with zero attached hydrogens (tertiary/aromatic N) is 2. The Morgan fingerprint density at radius 2 is 1.88 bits per heavy atom. The molecular formula is C16H12BrN3O4S2. The van der Waals surface area contributed by atoms with Gasteiger partial charge in [-0.1, -0.05) is 28.1 Å². The SMILES string of the molecule is Cc1ccc(-c2csc(NS(=O)(=O)c3ccc(Br)cc3)n2)cc1[N+](=O)[O-]. The fourth-order valence-electron chi connectivity index (χ4n) is 2.21. The molecule has 2 aromatic carbocycles. The van der Waals surface area contributed by atoms with Gasteiger partial charge in [-0.3, -0.25) is 14.8 Å². The average Bonchev–Trinajstić information content (AvgIpc) is 3.03. The van der Waals surface area contributed by atoms with E-state index in [1.165, 1.54) is 18.2 Å². The van der Waals surface area contributed by atoms with Crippen LogP contribution in [0.25, 0.3) is 11.3 Å². The number of halogens is 1. The van der Waals surface area contributed by atoms with Crippen LogP contribution in [0.3, 0.4) is 0 Å².